The molecule has 0 amide bonds. The summed E-state index contributed by atoms with van der Waals surface area (Å²) in [6.07, 6.45) is 2.56. The summed E-state index contributed by atoms with van der Waals surface area (Å²) in [5, 5.41) is 6.52. The van der Waals surface area contributed by atoms with Gasteiger partial charge < -0.3 is 20.3 Å². The van der Waals surface area contributed by atoms with Crippen molar-refractivity contribution in [2.45, 2.75) is 19.0 Å². The highest BCUT2D eigenvalue weighted by atomic mass is 19.1. The third kappa shape index (κ3) is 4.22. The lowest BCUT2D eigenvalue weighted by molar-refractivity contribution is 0.415. The number of hydrogen-bond donors (Lipinski definition) is 2. The summed E-state index contributed by atoms with van der Waals surface area (Å²) in [5.41, 5.74) is 1.47. The first-order valence-electron chi connectivity index (χ1n) is 8.66. The molecule has 0 bridgehead atoms. The van der Waals surface area contributed by atoms with Gasteiger partial charge >= 0.3 is 0 Å². The van der Waals surface area contributed by atoms with Gasteiger partial charge in [0, 0.05) is 32.4 Å². The number of pyridine rings is 1. The second-order valence-electron chi connectivity index (χ2n) is 6.11. The van der Waals surface area contributed by atoms with Crippen LogP contribution in [-0.2, 0) is 6.54 Å². The smallest absolute Gasteiger partial charge is 0.191 e. The maximum absolute atomic E-state index is 13.7. The van der Waals surface area contributed by atoms with E-state index in [-0.39, 0.29) is 18.4 Å². The molecule has 7 heteroatoms. The number of methoxy groups -OCH3 is 1. The number of nitrogens with one attached hydrogen (secondary N) is 2. The molecule has 1 aliphatic heterocycles. The number of aromatic nitrogens is 1. The predicted octanol–water partition coefficient (Wildman–Crippen LogP) is 2.17. The summed E-state index contributed by atoms with van der Waals surface area (Å²) in [4.78, 5) is 10.6. The van der Waals surface area contributed by atoms with Crippen molar-refractivity contribution in [3.05, 3.63) is 54.1 Å². The Kier molecular flexibility index (Phi) is 5.88. The minimum atomic E-state index is -0.321. The van der Waals surface area contributed by atoms with E-state index in [9.17, 15) is 4.39 Å². The first-order chi connectivity index (χ1) is 12.7. The van der Waals surface area contributed by atoms with E-state index < -0.39 is 0 Å². The van der Waals surface area contributed by atoms with Crippen LogP contribution in [0.5, 0.6) is 5.75 Å². The van der Waals surface area contributed by atoms with Crippen LogP contribution in [0.15, 0.2) is 47.6 Å². The van der Waals surface area contributed by atoms with Gasteiger partial charge in [0.1, 0.15) is 11.6 Å². The molecule has 138 valence electrons. The number of benzene rings is 1. The number of rotatable bonds is 5. The fourth-order valence-corrected chi connectivity index (χ4v) is 3.09. The first-order valence-corrected chi connectivity index (χ1v) is 8.66. The van der Waals surface area contributed by atoms with Crippen molar-refractivity contribution in [2.75, 3.05) is 32.1 Å². The Bertz CT molecular complexity index is 767. The summed E-state index contributed by atoms with van der Waals surface area (Å²) in [5.74, 6) is 1.20. The largest absolute Gasteiger partial charge is 0.495 e. The number of nitrogens with zero attached hydrogens (tertiary/aromatic N) is 3. The number of anilines is 1. The number of halogens is 1. The highest BCUT2D eigenvalue weighted by Crippen LogP contribution is 2.30. The summed E-state index contributed by atoms with van der Waals surface area (Å²) in [6, 6.07) is 11.3. The van der Waals surface area contributed by atoms with Gasteiger partial charge in [-0.2, -0.15) is 0 Å². The van der Waals surface area contributed by atoms with E-state index in [2.05, 4.69) is 31.6 Å². The Morgan fingerprint density at radius 1 is 1.35 bits per heavy atom. The normalized spacial score (nSPS) is 17.3. The van der Waals surface area contributed by atoms with E-state index in [1.54, 1.807) is 26.4 Å². The van der Waals surface area contributed by atoms with Gasteiger partial charge in [-0.25, -0.2) is 4.39 Å². The van der Waals surface area contributed by atoms with Gasteiger partial charge in [0.25, 0.3) is 0 Å². The topological polar surface area (TPSA) is 61.8 Å². The molecule has 1 aromatic heterocycles. The lowest BCUT2D eigenvalue weighted by atomic mass is 10.2. The predicted molar refractivity (Wildman–Crippen MR) is 101 cm³/mol. The average molecular weight is 357 g/mol. The van der Waals surface area contributed by atoms with E-state index in [1.165, 1.54) is 6.07 Å². The van der Waals surface area contributed by atoms with Gasteiger partial charge in [0.05, 0.1) is 25.0 Å². The molecule has 0 spiro atoms. The van der Waals surface area contributed by atoms with Gasteiger partial charge in [-0.3, -0.25) is 9.98 Å². The highest BCUT2D eigenvalue weighted by Gasteiger charge is 2.25. The Labute approximate surface area is 153 Å². The lowest BCUT2D eigenvalue weighted by Crippen LogP contribution is -2.44. The van der Waals surface area contributed by atoms with Crippen LogP contribution >= 0.6 is 0 Å². The zero-order chi connectivity index (χ0) is 18.4. The molecule has 2 aromatic rings. The van der Waals surface area contributed by atoms with Crippen LogP contribution in [0.4, 0.5) is 10.1 Å². The lowest BCUT2D eigenvalue weighted by Gasteiger charge is -2.22. The van der Waals surface area contributed by atoms with Crippen molar-refractivity contribution in [3.63, 3.8) is 0 Å². The maximum atomic E-state index is 13.7. The number of guanidine groups is 1. The van der Waals surface area contributed by atoms with Crippen molar-refractivity contribution in [3.8, 4) is 5.75 Å². The Morgan fingerprint density at radius 3 is 2.96 bits per heavy atom. The molecule has 3 rings (SSSR count). The van der Waals surface area contributed by atoms with E-state index in [4.69, 9.17) is 4.74 Å². The molecule has 6 nitrogen and oxygen atoms in total. The quantitative estimate of drug-likeness (QED) is 0.634. The number of para-hydroxylation sites is 2. The first kappa shape index (κ1) is 18.0. The highest BCUT2D eigenvalue weighted by molar-refractivity contribution is 5.80. The standard InChI is InChI=1S/C19H24FN5O/c1-21-19(23-12-16-15(20)6-5-10-22-16)24-14-9-11-25(13-14)17-7-3-4-8-18(17)26-2/h3-8,10,14H,9,11-13H2,1-2H3,(H2,21,23,24). The molecular formula is C19H24FN5O. The van der Waals surface area contributed by atoms with Gasteiger partial charge in [0.2, 0.25) is 0 Å². The Hall–Kier alpha value is -2.83. The summed E-state index contributed by atoms with van der Waals surface area (Å²) < 4.78 is 19.1. The van der Waals surface area contributed by atoms with Crippen molar-refractivity contribution in [1.29, 1.82) is 0 Å². The fourth-order valence-electron chi connectivity index (χ4n) is 3.09. The van der Waals surface area contributed by atoms with E-state index in [0.717, 1.165) is 30.9 Å². The molecular weight excluding hydrogens is 333 g/mol. The zero-order valence-corrected chi connectivity index (χ0v) is 15.1. The maximum Gasteiger partial charge on any atom is 0.191 e. The number of ether oxygens (including phenoxy) is 1. The second kappa shape index (κ2) is 8.51. The van der Waals surface area contributed by atoms with Crippen LogP contribution in [-0.4, -0.2) is 44.2 Å². The average Bonchev–Trinajstić information content (AvgIpc) is 3.14. The Morgan fingerprint density at radius 2 is 2.19 bits per heavy atom. The molecule has 2 N–H and O–H groups in total. The minimum Gasteiger partial charge on any atom is -0.495 e. The minimum absolute atomic E-state index is 0.250. The van der Waals surface area contributed by atoms with E-state index in [1.807, 2.05) is 18.2 Å². The summed E-state index contributed by atoms with van der Waals surface area (Å²) >= 11 is 0. The molecule has 2 heterocycles. The zero-order valence-electron chi connectivity index (χ0n) is 15.1. The van der Waals surface area contributed by atoms with E-state index >= 15 is 0 Å². The molecule has 0 radical (unpaired) electrons. The summed E-state index contributed by atoms with van der Waals surface area (Å²) in [7, 11) is 3.39. The molecule has 1 fully saturated rings. The monoisotopic (exact) mass is 357 g/mol. The molecule has 1 saturated heterocycles. The van der Waals surface area contributed by atoms with Crippen molar-refractivity contribution in [1.82, 2.24) is 15.6 Å². The molecule has 1 unspecified atom stereocenters. The molecule has 26 heavy (non-hydrogen) atoms. The third-order valence-electron chi connectivity index (χ3n) is 4.44. The number of aliphatic imine (C=N–C) groups is 1. The molecule has 1 atom stereocenters. The summed E-state index contributed by atoms with van der Waals surface area (Å²) in [6.45, 7) is 2.07. The van der Waals surface area contributed by atoms with Gasteiger partial charge in [-0.15, -0.1) is 0 Å². The molecule has 1 aliphatic rings. The van der Waals surface area contributed by atoms with Crippen LogP contribution in [0.1, 0.15) is 12.1 Å². The van der Waals surface area contributed by atoms with Crippen LogP contribution in [0.2, 0.25) is 0 Å². The van der Waals surface area contributed by atoms with Crippen LogP contribution in [0.3, 0.4) is 0 Å². The van der Waals surface area contributed by atoms with Gasteiger partial charge in [0.15, 0.2) is 5.96 Å². The van der Waals surface area contributed by atoms with Crippen LogP contribution in [0, 0.1) is 5.82 Å². The third-order valence-corrected chi connectivity index (χ3v) is 4.44. The second-order valence-corrected chi connectivity index (χ2v) is 6.11. The Balaban J connectivity index is 1.56. The van der Waals surface area contributed by atoms with Crippen LogP contribution < -0.4 is 20.3 Å². The van der Waals surface area contributed by atoms with Crippen molar-refractivity contribution >= 4 is 11.6 Å². The molecule has 0 saturated carbocycles. The molecule has 1 aromatic carbocycles. The number of hydrogen-bond acceptors (Lipinski definition) is 4. The van der Waals surface area contributed by atoms with Crippen LogP contribution in [0.25, 0.3) is 0 Å². The molecule has 0 aliphatic carbocycles. The fraction of sp³-hybridized carbons (Fsp3) is 0.368. The van der Waals surface area contributed by atoms with Gasteiger partial charge in [-0.05, 0) is 30.7 Å². The van der Waals surface area contributed by atoms with E-state index in [0.29, 0.717) is 11.7 Å². The SMILES string of the molecule is CN=C(NCc1ncccc1F)NC1CCN(c2ccccc2OC)C1. The van der Waals surface area contributed by atoms with Crippen molar-refractivity contribution in [2.24, 2.45) is 4.99 Å². The van der Waals surface area contributed by atoms with Crippen molar-refractivity contribution < 1.29 is 9.13 Å². The van der Waals surface area contributed by atoms with Gasteiger partial charge in [-0.1, -0.05) is 12.1 Å².